The van der Waals surface area contributed by atoms with Crippen molar-refractivity contribution in [1.29, 1.82) is 0 Å². The van der Waals surface area contributed by atoms with Crippen molar-refractivity contribution in [3.8, 4) is 0 Å². The summed E-state index contributed by atoms with van der Waals surface area (Å²) in [6.45, 7) is 1.72. The summed E-state index contributed by atoms with van der Waals surface area (Å²) in [7, 11) is 1.81. The zero-order valence-corrected chi connectivity index (χ0v) is 12.2. The second kappa shape index (κ2) is 5.85. The molecule has 0 radical (unpaired) electrons. The van der Waals surface area contributed by atoms with Crippen molar-refractivity contribution < 1.29 is 9.59 Å². The number of carbonyl (C=O) groups is 2. The molecule has 2 saturated heterocycles. The molecule has 2 bridgehead atoms. The molecule has 3 rings (SSSR count). The fourth-order valence-electron chi connectivity index (χ4n) is 3.14. The lowest BCUT2D eigenvalue weighted by Crippen LogP contribution is -2.42. The second-order valence-electron chi connectivity index (χ2n) is 5.95. The Morgan fingerprint density at radius 1 is 1.48 bits per heavy atom. The number of nitrogens with one attached hydrogen (secondary N) is 2. The highest BCUT2D eigenvalue weighted by molar-refractivity contribution is 5.91. The van der Waals surface area contributed by atoms with E-state index < -0.39 is 0 Å². The van der Waals surface area contributed by atoms with Crippen molar-refractivity contribution in [2.24, 2.45) is 13.0 Å². The quantitative estimate of drug-likeness (QED) is 0.819. The first-order valence-corrected chi connectivity index (χ1v) is 7.42. The van der Waals surface area contributed by atoms with Crippen LogP contribution in [-0.4, -0.2) is 52.2 Å². The molecule has 2 aliphatic rings. The summed E-state index contributed by atoms with van der Waals surface area (Å²) in [5.41, 5.74) is 0. The fraction of sp³-hybridized carbons (Fsp3) is 0.643. The molecule has 0 aliphatic carbocycles. The van der Waals surface area contributed by atoms with Crippen LogP contribution in [0.2, 0.25) is 0 Å². The predicted octanol–water partition coefficient (Wildman–Crippen LogP) is -0.0409. The molecule has 2 aliphatic heterocycles. The number of nitrogens with zero attached hydrogens (tertiary/aromatic N) is 3. The average molecular weight is 291 g/mol. The molecule has 3 heterocycles. The normalized spacial score (nSPS) is 26.0. The van der Waals surface area contributed by atoms with Gasteiger partial charge in [-0.2, -0.15) is 5.10 Å². The van der Waals surface area contributed by atoms with Crippen molar-refractivity contribution in [3.05, 3.63) is 12.3 Å². The monoisotopic (exact) mass is 291 g/mol. The molecule has 2 amide bonds. The molecule has 2 fully saturated rings. The molecule has 0 saturated carbocycles. The zero-order valence-electron chi connectivity index (χ0n) is 12.2. The van der Waals surface area contributed by atoms with Crippen LogP contribution in [0.25, 0.3) is 0 Å². The molecule has 2 atom stereocenters. The lowest BCUT2D eigenvalue weighted by atomic mass is 9.99. The summed E-state index contributed by atoms with van der Waals surface area (Å²) >= 11 is 0. The van der Waals surface area contributed by atoms with Crippen LogP contribution in [-0.2, 0) is 16.6 Å². The van der Waals surface area contributed by atoms with Gasteiger partial charge in [0.2, 0.25) is 11.8 Å². The lowest BCUT2D eigenvalue weighted by Gasteiger charge is -2.26. The van der Waals surface area contributed by atoms with Gasteiger partial charge in [-0.05, 0) is 12.8 Å². The Labute approximate surface area is 123 Å². The Hall–Kier alpha value is -1.89. The van der Waals surface area contributed by atoms with E-state index in [0.29, 0.717) is 18.9 Å². The third kappa shape index (κ3) is 3.41. The van der Waals surface area contributed by atoms with Crippen LogP contribution >= 0.6 is 0 Å². The number of aromatic nitrogens is 2. The largest absolute Gasteiger partial charge is 0.352 e. The maximum absolute atomic E-state index is 12.1. The molecule has 1 aromatic heterocycles. The van der Waals surface area contributed by atoms with Gasteiger partial charge in [0.05, 0.1) is 12.5 Å². The van der Waals surface area contributed by atoms with Gasteiger partial charge < -0.3 is 10.6 Å². The van der Waals surface area contributed by atoms with Crippen LogP contribution in [0.3, 0.4) is 0 Å². The third-order valence-corrected chi connectivity index (χ3v) is 4.13. The number of amides is 2. The number of rotatable bonds is 3. The highest BCUT2D eigenvalue weighted by Crippen LogP contribution is 2.21. The van der Waals surface area contributed by atoms with Crippen LogP contribution < -0.4 is 10.6 Å². The maximum Gasteiger partial charge on any atom is 0.239 e. The van der Waals surface area contributed by atoms with Crippen molar-refractivity contribution in [1.82, 2.24) is 20.0 Å². The van der Waals surface area contributed by atoms with Crippen LogP contribution in [0.4, 0.5) is 5.82 Å². The molecule has 7 heteroatoms. The van der Waals surface area contributed by atoms with Crippen LogP contribution in [0.5, 0.6) is 0 Å². The van der Waals surface area contributed by atoms with E-state index in [9.17, 15) is 9.59 Å². The minimum atomic E-state index is -0.0823. The van der Waals surface area contributed by atoms with Crippen LogP contribution in [0, 0.1) is 5.92 Å². The Morgan fingerprint density at radius 3 is 3.10 bits per heavy atom. The first-order chi connectivity index (χ1) is 10.1. The Balaban J connectivity index is 1.59. The Morgan fingerprint density at radius 2 is 2.33 bits per heavy atom. The number of aryl methyl sites for hydroxylation is 1. The minimum absolute atomic E-state index is 0.0140. The molecule has 1 aromatic rings. The van der Waals surface area contributed by atoms with Gasteiger partial charge in [0, 0.05) is 38.4 Å². The van der Waals surface area contributed by atoms with E-state index in [0.717, 1.165) is 25.8 Å². The Bertz CT molecular complexity index is 541. The van der Waals surface area contributed by atoms with Crippen molar-refractivity contribution >= 4 is 17.6 Å². The van der Waals surface area contributed by atoms with Crippen molar-refractivity contribution in [2.75, 3.05) is 25.0 Å². The first-order valence-electron chi connectivity index (χ1n) is 7.42. The number of hydrogen-bond donors (Lipinski definition) is 2. The zero-order chi connectivity index (χ0) is 14.8. The number of carbonyl (C=O) groups excluding carboxylic acids is 2. The van der Waals surface area contributed by atoms with Gasteiger partial charge in [-0.3, -0.25) is 19.2 Å². The predicted molar refractivity (Wildman–Crippen MR) is 77.5 cm³/mol. The summed E-state index contributed by atoms with van der Waals surface area (Å²) in [6, 6.07) is 1.94. The van der Waals surface area contributed by atoms with E-state index >= 15 is 0 Å². The van der Waals surface area contributed by atoms with Crippen molar-refractivity contribution in [3.63, 3.8) is 0 Å². The molecule has 0 unspecified atom stereocenters. The molecule has 7 nitrogen and oxygen atoms in total. The van der Waals surface area contributed by atoms with Gasteiger partial charge in [0.15, 0.2) is 5.82 Å². The minimum Gasteiger partial charge on any atom is -0.352 e. The fourth-order valence-corrected chi connectivity index (χ4v) is 3.14. The summed E-state index contributed by atoms with van der Waals surface area (Å²) < 4.78 is 1.65. The van der Waals surface area contributed by atoms with E-state index in [1.165, 1.54) is 0 Å². The number of anilines is 1. The highest BCUT2D eigenvalue weighted by Gasteiger charge is 2.33. The van der Waals surface area contributed by atoms with Gasteiger partial charge in [-0.25, -0.2) is 0 Å². The number of fused-ring (bicyclic) bond motifs is 3. The van der Waals surface area contributed by atoms with E-state index in [2.05, 4.69) is 20.6 Å². The SMILES string of the molecule is Cn1ccc(NC(=O)CN2C[C@H]3CCC[C@@H](C2)C(=O)N3)n1. The topological polar surface area (TPSA) is 79.3 Å². The number of likely N-dealkylation sites (tertiary alicyclic amines) is 1. The van der Waals surface area contributed by atoms with E-state index in [1.54, 1.807) is 16.9 Å². The summed E-state index contributed by atoms with van der Waals surface area (Å²) in [5, 5.41) is 9.99. The first kappa shape index (κ1) is 14.1. The van der Waals surface area contributed by atoms with Gasteiger partial charge in [0.1, 0.15) is 0 Å². The van der Waals surface area contributed by atoms with Gasteiger partial charge in [-0.15, -0.1) is 0 Å². The van der Waals surface area contributed by atoms with Crippen LogP contribution in [0.1, 0.15) is 19.3 Å². The maximum atomic E-state index is 12.1. The van der Waals surface area contributed by atoms with Gasteiger partial charge in [-0.1, -0.05) is 6.42 Å². The molecule has 2 N–H and O–H groups in total. The second-order valence-corrected chi connectivity index (χ2v) is 5.95. The number of hydrogen-bond acceptors (Lipinski definition) is 4. The van der Waals surface area contributed by atoms with Crippen molar-refractivity contribution in [2.45, 2.75) is 25.3 Å². The highest BCUT2D eigenvalue weighted by atomic mass is 16.2. The van der Waals surface area contributed by atoms with Gasteiger partial charge in [0.25, 0.3) is 0 Å². The van der Waals surface area contributed by atoms with Gasteiger partial charge >= 0.3 is 0 Å². The summed E-state index contributed by atoms with van der Waals surface area (Å²) in [4.78, 5) is 26.1. The lowest BCUT2D eigenvalue weighted by molar-refractivity contribution is -0.125. The molecule has 114 valence electrons. The summed E-state index contributed by atoms with van der Waals surface area (Å²) in [6.07, 6.45) is 4.79. The smallest absolute Gasteiger partial charge is 0.239 e. The molecule has 0 aromatic carbocycles. The van der Waals surface area contributed by atoms with E-state index in [4.69, 9.17) is 0 Å². The standard InChI is InChI=1S/C14H21N5O2/c1-18-6-5-12(17-18)16-13(20)9-19-7-10-3-2-4-11(8-19)15-14(10)21/h5-6,10-11H,2-4,7-9H2,1H3,(H,15,21)(H,16,17,20)/t10-,11+/m0/s1. The summed E-state index contributed by atoms with van der Waals surface area (Å²) in [5.74, 6) is 0.637. The molecule has 0 spiro atoms. The molecular formula is C14H21N5O2. The van der Waals surface area contributed by atoms with E-state index in [-0.39, 0.29) is 23.8 Å². The molecule has 21 heavy (non-hydrogen) atoms. The van der Waals surface area contributed by atoms with E-state index in [1.807, 2.05) is 7.05 Å². The Kier molecular flexibility index (Phi) is 3.92. The van der Waals surface area contributed by atoms with Crippen LogP contribution in [0.15, 0.2) is 12.3 Å². The third-order valence-electron chi connectivity index (χ3n) is 4.13. The average Bonchev–Trinajstić information content (AvgIpc) is 2.63. The molecular weight excluding hydrogens is 270 g/mol.